The van der Waals surface area contributed by atoms with E-state index in [0.717, 1.165) is 43.4 Å². The average molecular weight is 265 g/mol. The molecule has 0 aliphatic carbocycles. The third-order valence-corrected chi connectivity index (χ3v) is 4.78. The van der Waals surface area contributed by atoms with E-state index < -0.39 is 0 Å². The van der Waals surface area contributed by atoms with Crippen LogP contribution in [0.25, 0.3) is 16.4 Å². The minimum absolute atomic E-state index is 0.0754. The predicted molar refractivity (Wildman–Crippen MR) is 79.8 cm³/mol. The maximum absolute atomic E-state index is 12.4. The van der Waals surface area contributed by atoms with Crippen LogP contribution in [-0.4, -0.2) is 22.7 Å². The van der Waals surface area contributed by atoms with E-state index in [1.807, 2.05) is 10.6 Å². The fraction of sp³-hybridized carbons (Fsp3) is 0.312. The first kappa shape index (κ1) is 10.5. The van der Waals surface area contributed by atoms with Gasteiger partial charge in [0.25, 0.3) is 5.56 Å². The summed E-state index contributed by atoms with van der Waals surface area (Å²) in [5.74, 6) is 0. The quantitative estimate of drug-likeness (QED) is 0.676. The van der Waals surface area contributed by atoms with Crippen LogP contribution in [0.5, 0.6) is 0 Å². The van der Waals surface area contributed by atoms with Gasteiger partial charge in [-0.2, -0.15) is 0 Å². The monoisotopic (exact) mass is 265 g/mol. The van der Waals surface area contributed by atoms with Gasteiger partial charge >= 0.3 is 0 Å². The van der Waals surface area contributed by atoms with Gasteiger partial charge in [0.15, 0.2) is 0 Å². The lowest BCUT2D eigenvalue weighted by atomic mass is 9.96. The molecule has 0 radical (unpaired) electrons. The van der Waals surface area contributed by atoms with Crippen molar-refractivity contribution in [2.24, 2.45) is 0 Å². The van der Waals surface area contributed by atoms with E-state index in [9.17, 15) is 4.79 Å². The van der Waals surface area contributed by atoms with Gasteiger partial charge in [-0.1, -0.05) is 18.2 Å². The van der Waals surface area contributed by atoms with Gasteiger partial charge in [0.2, 0.25) is 0 Å². The van der Waals surface area contributed by atoms with Gasteiger partial charge < -0.3 is 4.90 Å². The van der Waals surface area contributed by atoms with E-state index in [4.69, 9.17) is 0 Å². The molecule has 2 aliphatic rings. The molecule has 3 aromatic rings. The number of hydrogen-bond acceptors (Lipinski definition) is 2. The zero-order chi connectivity index (χ0) is 13.3. The van der Waals surface area contributed by atoms with E-state index >= 15 is 0 Å². The molecule has 0 bridgehead atoms. The summed E-state index contributed by atoms with van der Waals surface area (Å²) in [5.41, 5.74) is 5.99. The topological polar surface area (TPSA) is 40.5 Å². The molecular formula is C16H15N3O. The van der Waals surface area contributed by atoms with Gasteiger partial charge in [-0.25, -0.2) is 0 Å². The second kappa shape index (κ2) is 3.45. The second-order valence-electron chi connectivity index (χ2n) is 5.79. The summed E-state index contributed by atoms with van der Waals surface area (Å²) in [7, 11) is 0. The first-order valence-corrected chi connectivity index (χ1v) is 7.27. The fourth-order valence-electron chi connectivity index (χ4n) is 3.95. The maximum atomic E-state index is 12.4. The highest BCUT2D eigenvalue weighted by molar-refractivity contribution is 5.98. The lowest BCUT2D eigenvalue weighted by molar-refractivity contribution is 0.667. The Balaban J connectivity index is 2.10. The van der Waals surface area contributed by atoms with Crippen molar-refractivity contribution >= 4 is 22.1 Å². The predicted octanol–water partition coefficient (Wildman–Crippen LogP) is 2.09. The van der Waals surface area contributed by atoms with E-state index in [2.05, 4.69) is 28.2 Å². The molecule has 0 amide bonds. The largest absolute Gasteiger partial charge is 0.369 e. The summed E-state index contributed by atoms with van der Waals surface area (Å²) in [6.07, 6.45) is 3.05. The molecule has 1 aromatic carbocycles. The third-order valence-electron chi connectivity index (χ3n) is 4.78. The summed E-state index contributed by atoms with van der Waals surface area (Å²) in [6, 6.07) is 8.37. The molecule has 100 valence electrons. The highest BCUT2D eigenvalue weighted by Gasteiger charge is 2.29. The maximum Gasteiger partial charge on any atom is 0.268 e. The molecule has 2 aromatic heterocycles. The Morgan fingerprint density at radius 2 is 1.95 bits per heavy atom. The molecule has 0 atom stereocenters. The molecule has 0 spiro atoms. The number of nitrogens with zero attached hydrogens (tertiary/aromatic N) is 2. The minimum atomic E-state index is 0.0754. The summed E-state index contributed by atoms with van der Waals surface area (Å²) in [5, 5.41) is 4.35. The Morgan fingerprint density at radius 3 is 2.90 bits per heavy atom. The molecule has 2 aliphatic heterocycles. The molecule has 4 nitrogen and oxygen atoms in total. The van der Waals surface area contributed by atoms with E-state index in [1.54, 1.807) is 0 Å². The Hall–Kier alpha value is -2.23. The summed E-state index contributed by atoms with van der Waals surface area (Å²) < 4.78 is 2.00. The van der Waals surface area contributed by atoms with E-state index in [0.29, 0.717) is 0 Å². The van der Waals surface area contributed by atoms with Crippen molar-refractivity contribution in [3.05, 3.63) is 45.7 Å². The third kappa shape index (κ3) is 1.11. The van der Waals surface area contributed by atoms with E-state index in [-0.39, 0.29) is 5.56 Å². The van der Waals surface area contributed by atoms with Crippen molar-refractivity contribution in [1.82, 2.24) is 9.61 Å². The number of aromatic nitrogens is 2. The van der Waals surface area contributed by atoms with Gasteiger partial charge in [0, 0.05) is 24.0 Å². The van der Waals surface area contributed by atoms with Gasteiger partial charge in [0.05, 0.1) is 16.7 Å². The number of fused-ring (bicyclic) bond motifs is 3. The molecule has 0 saturated heterocycles. The van der Waals surface area contributed by atoms with Crippen LogP contribution >= 0.6 is 0 Å². The van der Waals surface area contributed by atoms with Crippen LogP contribution in [0, 0.1) is 0 Å². The fourth-order valence-corrected chi connectivity index (χ4v) is 3.95. The molecule has 5 rings (SSSR count). The van der Waals surface area contributed by atoms with Crippen LogP contribution in [0.15, 0.2) is 29.1 Å². The SMILES string of the molecule is O=c1[nH]n2c3c4c1CCCN4CCc3c1ccccc12. The highest BCUT2D eigenvalue weighted by atomic mass is 16.1. The van der Waals surface area contributed by atoms with Gasteiger partial charge in [0.1, 0.15) is 0 Å². The Bertz CT molecular complexity index is 919. The first-order valence-electron chi connectivity index (χ1n) is 7.27. The van der Waals surface area contributed by atoms with Crippen molar-refractivity contribution in [2.45, 2.75) is 19.3 Å². The van der Waals surface area contributed by atoms with Gasteiger partial charge in [-0.05, 0) is 30.9 Å². The number of H-pyrrole nitrogens is 1. The summed E-state index contributed by atoms with van der Waals surface area (Å²) in [4.78, 5) is 14.8. The van der Waals surface area contributed by atoms with Crippen molar-refractivity contribution < 1.29 is 0 Å². The Labute approximate surface area is 115 Å². The zero-order valence-corrected chi connectivity index (χ0v) is 11.1. The van der Waals surface area contributed by atoms with Crippen LogP contribution in [0.1, 0.15) is 17.5 Å². The van der Waals surface area contributed by atoms with Crippen molar-refractivity contribution in [2.75, 3.05) is 18.0 Å². The Morgan fingerprint density at radius 1 is 1.05 bits per heavy atom. The number of nitrogens with one attached hydrogen (secondary N) is 1. The van der Waals surface area contributed by atoms with Crippen molar-refractivity contribution in [3.63, 3.8) is 0 Å². The van der Waals surface area contributed by atoms with Crippen LogP contribution in [0.4, 0.5) is 5.69 Å². The molecule has 20 heavy (non-hydrogen) atoms. The lowest BCUT2D eigenvalue weighted by Gasteiger charge is -2.34. The van der Waals surface area contributed by atoms with Crippen molar-refractivity contribution in [1.29, 1.82) is 0 Å². The number of hydrogen-bond donors (Lipinski definition) is 1. The second-order valence-corrected chi connectivity index (χ2v) is 5.79. The summed E-state index contributed by atoms with van der Waals surface area (Å²) in [6.45, 7) is 2.11. The highest BCUT2D eigenvalue weighted by Crippen LogP contribution is 2.39. The van der Waals surface area contributed by atoms with Crippen LogP contribution < -0.4 is 10.5 Å². The lowest BCUT2D eigenvalue weighted by Crippen LogP contribution is -2.37. The normalized spacial score (nSPS) is 17.1. The average Bonchev–Trinajstić information content (AvgIpc) is 2.82. The number of anilines is 1. The molecule has 1 N–H and O–H groups in total. The smallest absolute Gasteiger partial charge is 0.268 e. The zero-order valence-electron chi connectivity index (χ0n) is 11.1. The summed E-state index contributed by atoms with van der Waals surface area (Å²) >= 11 is 0. The number of para-hydroxylation sites is 1. The number of aromatic amines is 1. The molecule has 0 unspecified atom stereocenters. The first-order chi connectivity index (χ1) is 9.84. The van der Waals surface area contributed by atoms with Gasteiger partial charge in [-0.15, -0.1) is 0 Å². The minimum Gasteiger partial charge on any atom is -0.369 e. The molecule has 0 fully saturated rings. The Kier molecular flexibility index (Phi) is 1.82. The molecule has 4 heterocycles. The van der Waals surface area contributed by atoms with Crippen LogP contribution in [0.2, 0.25) is 0 Å². The van der Waals surface area contributed by atoms with Crippen LogP contribution in [0.3, 0.4) is 0 Å². The van der Waals surface area contributed by atoms with Gasteiger partial charge in [-0.3, -0.25) is 14.4 Å². The molecular weight excluding hydrogens is 250 g/mol. The number of rotatable bonds is 0. The molecule has 0 saturated carbocycles. The number of benzene rings is 1. The van der Waals surface area contributed by atoms with E-state index in [1.165, 1.54) is 22.2 Å². The van der Waals surface area contributed by atoms with Crippen LogP contribution in [-0.2, 0) is 12.8 Å². The standard InChI is InChI=1S/C16H15N3O/c20-16-12-5-3-8-18-9-7-11-10-4-1-2-6-13(10)19(17-16)15(11)14(12)18/h1-2,4,6H,3,5,7-9H2,(H,17,20). The van der Waals surface area contributed by atoms with Crippen molar-refractivity contribution in [3.8, 4) is 0 Å². The molecule has 4 heteroatoms.